The van der Waals surface area contributed by atoms with Crippen LogP contribution in [0.2, 0.25) is 5.15 Å². The van der Waals surface area contributed by atoms with Crippen molar-refractivity contribution in [1.82, 2.24) is 14.8 Å². The number of carboxylic acids is 1. The smallest absolute Gasteiger partial charge is 0.395 e. The van der Waals surface area contributed by atoms with E-state index in [1.54, 1.807) is 0 Å². The van der Waals surface area contributed by atoms with Crippen molar-refractivity contribution in [3.8, 4) is 11.7 Å². The number of carboxylic acid groups (broad SMARTS) is 1. The Bertz CT molecular complexity index is 762. The molecule has 1 aliphatic carbocycles. The fourth-order valence-electron chi connectivity index (χ4n) is 2.01. The molecular formula is C13H9ClF3N3O3. The van der Waals surface area contributed by atoms with Crippen molar-refractivity contribution in [3.63, 3.8) is 0 Å². The van der Waals surface area contributed by atoms with Crippen LogP contribution in [0.3, 0.4) is 0 Å². The zero-order valence-electron chi connectivity index (χ0n) is 11.3. The molecule has 1 fully saturated rings. The summed E-state index contributed by atoms with van der Waals surface area (Å²) in [6.07, 6.45) is -3.86. The molecule has 6 nitrogen and oxygen atoms in total. The van der Waals surface area contributed by atoms with E-state index in [-0.39, 0.29) is 28.8 Å². The maximum Gasteiger partial charge on any atom is 0.395 e. The summed E-state index contributed by atoms with van der Waals surface area (Å²) in [5.74, 6) is -2.43. The molecule has 0 radical (unpaired) electrons. The molecule has 0 bridgehead atoms. The summed E-state index contributed by atoms with van der Waals surface area (Å²) in [5.41, 5.74) is -0.162. The van der Waals surface area contributed by atoms with Crippen LogP contribution in [0.25, 0.3) is 5.82 Å². The number of rotatable bonds is 4. The van der Waals surface area contributed by atoms with Crippen LogP contribution in [-0.2, 0) is 0 Å². The number of nitrogens with zero attached hydrogens (tertiary/aromatic N) is 3. The lowest BCUT2D eigenvalue weighted by Gasteiger charge is -2.06. The van der Waals surface area contributed by atoms with Crippen LogP contribution in [0.4, 0.5) is 13.2 Å². The summed E-state index contributed by atoms with van der Waals surface area (Å²) in [6, 6.07) is 4.03. The van der Waals surface area contributed by atoms with Gasteiger partial charge < -0.3 is 9.84 Å². The Morgan fingerprint density at radius 2 is 2.13 bits per heavy atom. The van der Waals surface area contributed by atoms with Crippen molar-refractivity contribution in [1.29, 1.82) is 0 Å². The van der Waals surface area contributed by atoms with E-state index < -0.39 is 24.2 Å². The van der Waals surface area contributed by atoms with Crippen LogP contribution in [0.1, 0.15) is 16.8 Å². The highest BCUT2D eigenvalue weighted by Gasteiger charge is 2.57. The number of ether oxygens (including phenoxy) is 1. The van der Waals surface area contributed by atoms with E-state index >= 15 is 0 Å². The molecule has 23 heavy (non-hydrogen) atoms. The van der Waals surface area contributed by atoms with Gasteiger partial charge in [0.25, 0.3) is 0 Å². The normalized spacial score (nSPS) is 20.3. The second-order valence-electron chi connectivity index (χ2n) is 4.95. The molecule has 3 rings (SSSR count). The Morgan fingerprint density at radius 1 is 1.39 bits per heavy atom. The van der Waals surface area contributed by atoms with E-state index in [4.69, 9.17) is 21.4 Å². The van der Waals surface area contributed by atoms with Gasteiger partial charge in [-0.15, -0.1) is 5.10 Å². The highest BCUT2D eigenvalue weighted by atomic mass is 35.5. The molecule has 122 valence electrons. The third-order valence-corrected chi connectivity index (χ3v) is 3.58. The number of halogens is 4. The fraction of sp³-hybridized carbons (Fsp3) is 0.308. The summed E-state index contributed by atoms with van der Waals surface area (Å²) >= 11 is 5.76. The lowest BCUT2D eigenvalue weighted by molar-refractivity contribution is -0.153. The van der Waals surface area contributed by atoms with E-state index in [2.05, 4.69) is 10.1 Å². The zero-order chi connectivity index (χ0) is 16.8. The molecule has 10 heteroatoms. The van der Waals surface area contributed by atoms with Crippen LogP contribution < -0.4 is 4.74 Å². The Kier molecular flexibility index (Phi) is 3.67. The first-order chi connectivity index (χ1) is 10.8. The van der Waals surface area contributed by atoms with Gasteiger partial charge in [0.1, 0.15) is 11.3 Å². The van der Waals surface area contributed by atoms with Crippen LogP contribution in [0.5, 0.6) is 5.88 Å². The van der Waals surface area contributed by atoms with Gasteiger partial charge in [0.05, 0.1) is 11.5 Å². The highest BCUT2D eigenvalue weighted by Crippen LogP contribution is 2.46. The van der Waals surface area contributed by atoms with Crippen LogP contribution in [0, 0.1) is 5.92 Å². The minimum absolute atomic E-state index is 0.0296. The number of carbonyl (C=O) groups is 1. The van der Waals surface area contributed by atoms with Gasteiger partial charge in [-0.05, 0) is 18.6 Å². The Balaban J connectivity index is 1.73. The first kappa shape index (κ1) is 15.6. The molecular weight excluding hydrogens is 339 g/mol. The third-order valence-electron chi connectivity index (χ3n) is 3.29. The molecule has 0 spiro atoms. The molecule has 1 N–H and O–H groups in total. The summed E-state index contributed by atoms with van der Waals surface area (Å²) < 4.78 is 43.7. The monoisotopic (exact) mass is 347 g/mol. The maximum absolute atomic E-state index is 12.4. The largest absolute Gasteiger partial charge is 0.478 e. The summed E-state index contributed by atoms with van der Waals surface area (Å²) in [6.45, 7) is 0. The van der Waals surface area contributed by atoms with Crippen molar-refractivity contribution in [2.45, 2.75) is 18.7 Å². The standard InChI is InChI=1S/C13H9ClF3N3O3/c14-11-6(12(21)22)1-2-9(18-11)20-4-3-10(19-20)23-8-5-7(8)13(15,16)17/h1-4,7-8H,5H2,(H,21,22). The summed E-state index contributed by atoms with van der Waals surface area (Å²) in [5, 5.41) is 12.6. The molecule has 1 saturated carbocycles. The average molecular weight is 348 g/mol. The Hall–Kier alpha value is -2.29. The number of hydrogen-bond donors (Lipinski definition) is 1. The minimum Gasteiger partial charge on any atom is -0.478 e. The van der Waals surface area contributed by atoms with Crippen molar-refractivity contribution in [2.75, 3.05) is 0 Å². The van der Waals surface area contributed by atoms with Crippen molar-refractivity contribution in [3.05, 3.63) is 35.1 Å². The van der Waals surface area contributed by atoms with E-state index in [9.17, 15) is 18.0 Å². The molecule has 0 saturated heterocycles. The van der Waals surface area contributed by atoms with E-state index in [0.29, 0.717) is 0 Å². The van der Waals surface area contributed by atoms with Crippen LogP contribution in [0.15, 0.2) is 24.4 Å². The topological polar surface area (TPSA) is 77.2 Å². The lowest BCUT2D eigenvalue weighted by Crippen LogP contribution is -2.16. The van der Waals surface area contributed by atoms with E-state index in [1.165, 1.54) is 29.1 Å². The van der Waals surface area contributed by atoms with Gasteiger partial charge in [-0.25, -0.2) is 14.5 Å². The number of aromatic carboxylic acids is 1. The molecule has 2 heterocycles. The number of aromatic nitrogens is 3. The third kappa shape index (κ3) is 3.24. The van der Waals surface area contributed by atoms with Gasteiger partial charge >= 0.3 is 12.1 Å². The molecule has 0 amide bonds. The van der Waals surface area contributed by atoms with Crippen LogP contribution >= 0.6 is 11.6 Å². The van der Waals surface area contributed by atoms with Gasteiger partial charge in [-0.3, -0.25) is 0 Å². The number of alkyl halides is 3. The first-order valence-corrected chi connectivity index (χ1v) is 6.83. The Labute approximate surface area is 132 Å². The predicted molar refractivity (Wildman–Crippen MR) is 71.9 cm³/mol. The van der Waals surface area contributed by atoms with Gasteiger partial charge in [0.2, 0.25) is 5.88 Å². The molecule has 2 aromatic heterocycles. The molecule has 2 aromatic rings. The first-order valence-electron chi connectivity index (χ1n) is 6.45. The number of pyridine rings is 1. The second-order valence-corrected chi connectivity index (χ2v) is 5.31. The minimum atomic E-state index is -4.27. The van der Waals surface area contributed by atoms with Crippen molar-refractivity contribution in [2.24, 2.45) is 5.92 Å². The van der Waals surface area contributed by atoms with E-state index in [1.807, 2.05) is 0 Å². The van der Waals surface area contributed by atoms with Gasteiger partial charge in [-0.1, -0.05) is 11.6 Å². The lowest BCUT2D eigenvalue weighted by atomic mass is 10.3. The molecule has 1 aliphatic rings. The second kappa shape index (κ2) is 5.41. The SMILES string of the molecule is O=C(O)c1ccc(-n2ccc(OC3CC3C(F)(F)F)n2)nc1Cl. The van der Waals surface area contributed by atoms with Crippen molar-refractivity contribution >= 4 is 17.6 Å². The predicted octanol–water partition coefficient (Wildman–Crippen LogP) is 2.95. The molecule has 0 aromatic carbocycles. The molecule has 2 unspecified atom stereocenters. The molecule has 2 atom stereocenters. The summed E-state index contributed by atoms with van der Waals surface area (Å²) in [4.78, 5) is 14.7. The van der Waals surface area contributed by atoms with Gasteiger partial charge in [0.15, 0.2) is 5.82 Å². The molecule has 0 aliphatic heterocycles. The highest BCUT2D eigenvalue weighted by molar-refractivity contribution is 6.32. The maximum atomic E-state index is 12.4. The Morgan fingerprint density at radius 3 is 2.70 bits per heavy atom. The van der Waals surface area contributed by atoms with Crippen molar-refractivity contribution < 1.29 is 27.8 Å². The van der Waals surface area contributed by atoms with Gasteiger partial charge in [0, 0.05) is 12.3 Å². The van der Waals surface area contributed by atoms with E-state index in [0.717, 1.165) is 0 Å². The fourth-order valence-corrected chi connectivity index (χ4v) is 2.24. The zero-order valence-corrected chi connectivity index (χ0v) is 12.0. The summed E-state index contributed by atoms with van der Waals surface area (Å²) in [7, 11) is 0. The van der Waals surface area contributed by atoms with Crippen LogP contribution in [-0.4, -0.2) is 38.1 Å². The number of hydrogen-bond acceptors (Lipinski definition) is 4. The average Bonchev–Trinajstić information content (AvgIpc) is 3.07. The quantitative estimate of drug-likeness (QED) is 0.860. The van der Waals surface area contributed by atoms with Gasteiger partial charge in [-0.2, -0.15) is 13.2 Å².